The standard InChI is InChI=1S/C15H18O2/c1-9(2)11-4-5-13-10(3)6-12(8-15(16)17)14(13)7-11/h4-5,7-10H,6H2,1-3H3,(H,16,17)/b12-8+. The van der Waals surface area contributed by atoms with Gasteiger partial charge in [-0.15, -0.1) is 0 Å². The molecule has 2 nitrogen and oxygen atoms in total. The second-order valence-electron chi connectivity index (χ2n) is 5.11. The van der Waals surface area contributed by atoms with Gasteiger partial charge in [-0.25, -0.2) is 4.79 Å². The van der Waals surface area contributed by atoms with E-state index in [-0.39, 0.29) is 0 Å². The molecule has 1 N–H and O–H groups in total. The number of benzene rings is 1. The van der Waals surface area contributed by atoms with E-state index in [9.17, 15) is 4.79 Å². The van der Waals surface area contributed by atoms with Crippen molar-refractivity contribution in [3.05, 3.63) is 41.0 Å². The van der Waals surface area contributed by atoms with Crippen molar-refractivity contribution in [3.8, 4) is 0 Å². The molecule has 2 rings (SSSR count). The number of rotatable bonds is 2. The van der Waals surface area contributed by atoms with Crippen LogP contribution in [0.5, 0.6) is 0 Å². The molecule has 0 bridgehead atoms. The van der Waals surface area contributed by atoms with Crippen LogP contribution in [0.15, 0.2) is 24.3 Å². The third-order valence-electron chi connectivity index (χ3n) is 3.44. The highest BCUT2D eigenvalue weighted by molar-refractivity contribution is 5.92. The van der Waals surface area contributed by atoms with Crippen LogP contribution < -0.4 is 0 Å². The van der Waals surface area contributed by atoms with Crippen molar-refractivity contribution in [2.24, 2.45) is 0 Å². The second kappa shape index (κ2) is 4.36. The summed E-state index contributed by atoms with van der Waals surface area (Å²) < 4.78 is 0. The summed E-state index contributed by atoms with van der Waals surface area (Å²) in [6.45, 7) is 6.46. The molecule has 1 aromatic carbocycles. The fourth-order valence-electron chi connectivity index (χ4n) is 2.48. The highest BCUT2D eigenvalue weighted by atomic mass is 16.4. The predicted octanol–water partition coefficient (Wildman–Crippen LogP) is 3.79. The molecular weight excluding hydrogens is 212 g/mol. The minimum atomic E-state index is -0.852. The Balaban J connectivity index is 2.51. The molecule has 17 heavy (non-hydrogen) atoms. The van der Waals surface area contributed by atoms with Crippen LogP contribution in [0.25, 0.3) is 5.57 Å². The van der Waals surface area contributed by atoms with E-state index in [1.807, 2.05) is 0 Å². The molecule has 1 aliphatic carbocycles. The lowest BCUT2D eigenvalue weighted by Crippen LogP contribution is -1.93. The zero-order chi connectivity index (χ0) is 12.6. The SMILES string of the molecule is CC(C)c1ccc2c(c1)/C(=C/C(=O)O)CC2C. The van der Waals surface area contributed by atoms with Crippen LogP contribution in [0.1, 0.15) is 55.7 Å². The highest BCUT2D eigenvalue weighted by Crippen LogP contribution is 2.41. The van der Waals surface area contributed by atoms with Gasteiger partial charge in [-0.05, 0) is 40.5 Å². The number of hydrogen-bond donors (Lipinski definition) is 1. The lowest BCUT2D eigenvalue weighted by Gasteiger charge is -2.09. The monoisotopic (exact) mass is 230 g/mol. The molecule has 2 heteroatoms. The van der Waals surface area contributed by atoms with E-state index >= 15 is 0 Å². The summed E-state index contributed by atoms with van der Waals surface area (Å²) in [5, 5.41) is 8.89. The zero-order valence-electron chi connectivity index (χ0n) is 10.5. The molecule has 0 heterocycles. The van der Waals surface area contributed by atoms with Crippen LogP contribution in [0.2, 0.25) is 0 Å². The maximum Gasteiger partial charge on any atom is 0.328 e. The summed E-state index contributed by atoms with van der Waals surface area (Å²) in [5.74, 6) is 0.0501. The number of carbonyl (C=O) groups is 1. The van der Waals surface area contributed by atoms with Gasteiger partial charge in [0.1, 0.15) is 0 Å². The van der Waals surface area contributed by atoms with Crippen molar-refractivity contribution < 1.29 is 9.90 Å². The lowest BCUT2D eigenvalue weighted by atomic mass is 9.96. The van der Waals surface area contributed by atoms with Gasteiger partial charge >= 0.3 is 5.97 Å². The summed E-state index contributed by atoms with van der Waals surface area (Å²) in [5.41, 5.74) is 4.64. The van der Waals surface area contributed by atoms with Crippen molar-refractivity contribution in [1.29, 1.82) is 0 Å². The van der Waals surface area contributed by atoms with Crippen LogP contribution in [0.3, 0.4) is 0 Å². The number of carboxylic acid groups (broad SMARTS) is 1. The lowest BCUT2D eigenvalue weighted by molar-refractivity contribution is -0.131. The number of allylic oxidation sites excluding steroid dienone is 1. The van der Waals surface area contributed by atoms with Crippen LogP contribution in [-0.4, -0.2) is 11.1 Å². The molecule has 1 atom stereocenters. The molecular formula is C15H18O2. The highest BCUT2D eigenvalue weighted by Gasteiger charge is 2.24. The van der Waals surface area contributed by atoms with Gasteiger partial charge in [-0.2, -0.15) is 0 Å². The van der Waals surface area contributed by atoms with Crippen molar-refractivity contribution in [1.82, 2.24) is 0 Å². The molecule has 1 unspecified atom stereocenters. The van der Waals surface area contributed by atoms with Crippen molar-refractivity contribution >= 4 is 11.5 Å². The molecule has 0 saturated carbocycles. The first-order valence-electron chi connectivity index (χ1n) is 6.06. The average molecular weight is 230 g/mol. The minimum Gasteiger partial charge on any atom is -0.478 e. The van der Waals surface area contributed by atoms with Crippen LogP contribution >= 0.6 is 0 Å². The maximum atomic E-state index is 10.8. The molecule has 1 aromatic rings. The minimum absolute atomic E-state index is 0.428. The van der Waals surface area contributed by atoms with Gasteiger partial charge < -0.3 is 5.11 Å². The van der Waals surface area contributed by atoms with Gasteiger partial charge in [0.15, 0.2) is 0 Å². The summed E-state index contributed by atoms with van der Waals surface area (Å²) in [6, 6.07) is 6.46. The first-order chi connectivity index (χ1) is 7.99. The molecule has 1 aliphatic rings. The number of hydrogen-bond acceptors (Lipinski definition) is 1. The Morgan fingerprint density at radius 1 is 1.47 bits per heavy atom. The topological polar surface area (TPSA) is 37.3 Å². The number of fused-ring (bicyclic) bond motifs is 1. The fourth-order valence-corrected chi connectivity index (χ4v) is 2.48. The number of carboxylic acids is 1. The summed E-state index contributed by atoms with van der Waals surface area (Å²) >= 11 is 0. The molecule has 0 spiro atoms. The Kier molecular flexibility index (Phi) is 3.05. The Hall–Kier alpha value is -1.57. The zero-order valence-corrected chi connectivity index (χ0v) is 10.5. The van der Waals surface area contributed by atoms with Gasteiger partial charge in [0.05, 0.1) is 0 Å². The first-order valence-corrected chi connectivity index (χ1v) is 6.06. The van der Waals surface area contributed by atoms with E-state index in [1.165, 1.54) is 17.2 Å². The van der Waals surface area contributed by atoms with E-state index in [2.05, 4.69) is 39.0 Å². The Labute approximate surface area is 102 Å². The van der Waals surface area contributed by atoms with Crippen LogP contribution in [0, 0.1) is 0 Å². The van der Waals surface area contributed by atoms with Gasteiger partial charge in [-0.1, -0.05) is 39.0 Å². The smallest absolute Gasteiger partial charge is 0.328 e. The molecule has 0 aromatic heterocycles. The molecule has 0 fully saturated rings. The molecule has 0 aliphatic heterocycles. The van der Waals surface area contributed by atoms with Gasteiger partial charge in [0.25, 0.3) is 0 Å². The third-order valence-corrected chi connectivity index (χ3v) is 3.44. The second-order valence-corrected chi connectivity index (χ2v) is 5.11. The van der Waals surface area contributed by atoms with Crippen molar-refractivity contribution in [3.63, 3.8) is 0 Å². The molecule has 0 radical (unpaired) electrons. The Bertz CT molecular complexity index is 484. The maximum absolute atomic E-state index is 10.8. The van der Waals surface area contributed by atoms with Gasteiger partial charge in [0, 0.05) is 6.08 Å². The van der Waals surface area contributed by atoms with Gasteiger partial charge in [0.2, 0.25) is 0 Å². The molecule has 90 valence electrons. The summed E-state index contributed by atoms with van der Waals surface area (Å²) in [7, 11) is 0. The van der Waals surface area contributed by atoms with Crippen molar-refractivity contribution in [2.75, 3.05) is 0 Å². The Morgan fingerprint density at radius 3 is 2.76 bits per heavy atom. The molecule has 0 amide bonds. The largest absolute Gasteiger partial charge is 0.478 e. The van der Waals surface area contributed by atoms with E-state index in [0.29, 0.717) is 11.8 Å². The third kappa shape index (κ3) is 2.26. The van der Waals surface area contributed by atoms with Gasteiger partial charge in [-0.3, -0.25) is 0 Å². The van der Waals surface area contributed by atoms with E-state index in [1.54, 1.807) is 0 Å². The summed E-state index contributed by atoms with van der Waals surface area (Å²) in [6.07, 6.45) is 2.19. The van der Waals surface area contributed by atoms with E-state index in [4.69, 9.17) is 5.11 Å². The molecule has 0 saturated heterocycles. The fraction of sp³-hybridized carbons (Fsp3) is 0.400. The first kappa shape index (κ1) is 11.9. The van der Waals surface area contributed by atoms with Crippen LogP contribution in [-0.2, 0) is 4.79 Å². The van der Waals surface area contributed by atoms with E-state index in [0.717, 1.165) is 17.6 Å². The quantitative estimate of drug-likeness (QED) is 0.785. The average Bonchev–Trinajstić information content (AvgIpc) is 2.54. The predicted molar refractivity (Wildman–Crippen MR) is 69.2 cm³/mol. The number of aliphatic carboxylic acids is 1. The van der Waals surface area contributed by atoms with E-state index < -0.39 is 5.97 Å². The normalized spacial score (nSPS) is 20.9. The van der Waals surface area contributed by atoms with Crippen molar-refractivity contribution in [2.45, 2.75) is 39.0 Å². The summed E-state index contributed by atoms with van der Waals surface area (Å²) in [4.78, 5) is 10.8. The van der Waals surface area contributed by atoms with Crippen LogP contribution in [0.4, 0.5) is 0 Å². The Morgan fingerprint density at radius 2 is 2.18 bits per heavy atom.